The van der Waals surface area contributed by atoms with Crippen molar-refractivity contribution >= 4 is 11.7 Å². The number of hydrogen-bond acceptors (Lipinski definition) is 4. The van der Waals surface area contributed by atoms with E-state index in [0.29, 0.717) is 6.54 Å². The molecule has 1 unspecified atom stereocenters. The van der Waals surface area contributed by atoms with Crippen LogP contribution in [-0.4, -0.2) is 60.3 Å². The molecule has 0 aromatic heterocycles. The van der Waals surface area contributed by atoms with Gasteiger partial charge in [0.15, 0.2) is 5.78 Å². The van der Waals surface area contributed by atoms with Gasteiger partial charge in [-0.1, -0.05) is 13.0 Å². The molecule has 1 aromatic rings. The van der Waals surface area contributed by atoms with Crippen molar-refractivity contribution in [2.75, 3.05) is 32.7 Å². The van der Waals surface area contributed by atoms with Gasteiger partial charge in [0.2, 0.25) is 5.91 Å². The fraction of sp³-hybridized carbons (Fsp3) is 0.636. The number of ketones is 1. The molecular weight excluding hydrogens is 338 g/mol. The van der Waals surface area contributed by atoms with Gasteiger partial charge in [-0.05, 0) is 63.3 Å². The summed E-state index contributed by atoms with van der Waals surface area (Å²) in [5.74, 6) is 0.262. The number of nitrogens with one attached hydrogen (secondary N) is 1. The molecule has 0 aliphatic carbocycles. The van der Waals surface area contributed by atoms with E-state index in [1.165, 1.54) is 11.1 Å². The SMILES string of the molecule is CCC(C)NC(=O)CN1CCN(Cc2c(C)cc(C)c(C(C)=O)c2C)CC1. The molecule has 0 saturated carbocycles. The number of amides is 1. The van der Waals surface area contributed by atoms with Gasteiger partial charge in [0.25, 0.3) is 0 Å². The third-order valence-corrected chi connectivity index (χ3v) is 5.72. The lowest BCUT2D eigenvalue weighted by Crippen LogP contribution is -2.50. The predicted molar refractivity (Wildman–Crippen MR) is 110 cm³/mol. The number of piperazine rings is 1. The van der Waals surface area contributed by atoms with Crippen molar-refractivity contribution < 1.29 is 9.59 Å². The Kier molecular flexibility index (Phi) is 7.57. The third-order valence-electron chi connectivity index (χ3n) is 5.72. The average Bonchev–Trinajstić information content (AvgIpc) is 2.59. The van der Waals surface area contributed by atoms with E-state index in [4.69, 9.17) is 0 Å². The van der Waals surface area contributed by atoms with Crippen molar-refractivity contribution in [1.82, 2.24) is 15.1 Å². The van der Waals surface area contributed by atoms with Gasteiger partial charge in [-0.3, -0.25) is 19.4 Å². The molecule has 1 fully saturated rings. The molecule has 1 atom stereocenters. The largest absolute Gasteiger partial charge is 0.353 e. The molecule has 1 amide bonds. The summed E-state index contributed by atoms with van der Waals surface area (Å²) < 4.78 is 0. The van der Waals surface area contributed by atoms with E-state index in [9.17, 15) is 9.59 Å². The Labute approximate surface area is 164 Å². The molecule has 1 heterocycles. The lowest BCUT2D eigenvalue weighted by Gasteiger charge is -2.35. The number of rotatable bonds is 7. The van der Waals surface area contributed by atoms with Crippen LogP contribution in [-0.2, 0) is 11.3 Å². The topological polar surface area (TPSA) is 52.7 Å². The van der Waals surface area contributed by atoms with Gasteiger partial charge in [0.1, 0.15) is 0 Å². The Balaban J connectivity index is 1.95. The lowest BCUT2D eigenvalue weighted by molar-refractivity contribution is -0.123. The van der Waals surface area contributed by atoms with E-state index < -0.39 is 0 Å². The van der Waals surface area contributed by atoms with Crippen LogP contribution in [0.3, 0.4) is 0 Å². The smallest absolute Gasteiger partial charge is 0.234 e. The van der Waals surface area contributed by atoms with Crippen molar-refractivity contribution in [3.05, 3.63) is 33.9 Å². The van der Waals surface area contributed by atoms with Gasteiger partial charge in [-0.2, -0.15) is 0 Å². The molecule has 5 heteroatoms. The van der Waals surface area contributed by atoms with Crippen molar-refractivity contribution in [2.24, 2.45) is 0 Å². The van der Waals surface area contributed by atoms with Crippen LogP contribution in [0.25, 0.3) is 0 Å². The Hall–Kier alpha value is -1.72. The molecule has 2 rings (SSSR count). The van der Waals surface area contributed by atoms with Crippen LogP contribution in [0.1, 0.15) is 59.8 Å². The lowest BCUT2D eigenvalue weighted by atomic mass is 9.91. The molecule has 1 aromatic carbocycles. The highest BCUT2D eigenvalue weighted by molar-refractivity contribution is 5.97. The molecule has 0 radical (unpaired) electrons. The van der Waals surface area contributed by atoms with Crippen LogP contribution in [0.4, 0.5) is 0 Å². The first-order valence-corrected chi connectivity index (χ1v) is 10.1. The van der Waals surface area contributed by atoms with Crippen LogP contribution < -0.4 is 5.32 Å². The fourth-order valence-electron chi connectivity index (χ4n) is 3.97. The standard InChI is InChI=1S/C22H35N3O2/c1-7-17(4)23-21(27)14-25-10-8-24(9-11-25)13-20-15(2)12-16(3)22(18(20)5)19(6)26/h12,17H,7-11,13-14H2,1-6H3,(H,23,27). The first-order chi connectivity index (χ1) is 12.7. The number of benzene rings is 1. The molecule has 27 heavy (non-hydrogen) atoms. The van der Waals surface area contributed by atoms with Gasteiger partial charge >= 0.3 is 0 Å². The maximum absolute atomic E-state index is 12.1. The Morgan fingerprint density at radius 3 is 2.22 bits per heavy atom. The zero-order valence-electron chi connectivity index (χ0n) is 17.8. The number of Topliss-reactive ketones (excluding diaryl/α,β-unsaturated/α-hetero) is 1. The van der Waals surface area contributed by atoms with E-state index in [2.05, 4.69) is 42.0 Å². The minimum absolute atomic E-state index is 0.120. The summed E-state index contributed by atoms with van der Waals surface area (Å²) in [5.41, 5.74) is 5.59. The van der Waals surface area contributed by atoms with Gasteiger partial charge in [0, 0.05) is 44.3 Å². The van der Waals surface area contributed by atoms with Crippen LogP contribution in [0, 0.1) is 20.8 Å². The van der Waals surface area contributed by atoms with Crippen molar-refractivity contribution in [2.45, 2.75) is 60.5 Å². The zero-order chi connectivity index (χ0) is 20.1. The second kappa shape index (κ2) is 9.47. The average molecular weight is 374 g/mol. The first-order valence-electron chi connectivity index (χ1n) is 10.1. The van der Waals surface area contributed by atoms with Gasteiger partial charge in [0.05, 0.1) is 6.54 Å². The minimum atomic E-state index is 0.120. The van der Waals surface area contributed by atoms with Crippen LogP contribution >= 0.6 is 0 Å². The Morgan fingerprint density at radius 2 is 1.67 bits per heavy atom. The number of aryl methyl sites for hydroxylation is 2. The summed E-state index contributed by atoms with van der Waals surface area (Å²) in [6.45, 7) is 17.0. The summed E-state index contributed by atoms with van der Waals surface area (Å²) in [6.07, 6.45) is 0.955. The first kappa shape index (κ1) is 21.6. The summed E-state index contributed by atoms with van der Waals surface area (Å²) in [4.78, 5) is 28.8. The number of hydrogen-bond donors (Lipinski definition) is 1. The summed E-state index contributed by atoms with van der Waals surface area (Å²) in [7, 11) is 0. The fourth-order valence-corrected chi connectivity index (χ4v) is 3.97. The molecule has 1 aliphatic rings. The number of carbonyl (C=O) groups excluding carboxylic acids is 2. The maximum atomic E-state index is 12.1. The van der Waals surface area contributed by atoms with Crippen LogP contribution in [0.5, 0.6) is 0 Å². The van der Waals surface area contributed by atoms with Crippen molar-refractivity contribution in [1.29, 1.82) is 0 Å². The number of carbonyl (C=O) groups is 2. The second-order valence-corrected chi connectivity index (χ2v) is 7.97. The quantitative estimate of drug-likeness (QED) is 0.747. The van der Waals surface area contributed by atoms with Crippen LogP contribution in [0.15, 0.2) is 6.07 Å². The van der Waals surface area contributed by atoms with Crippen molar-refractivity contribution in [3.8, 4) is 0 Å². The minimum Gasteiger partial charge on any atom is -0.353 e. The Bertz CT molecular complexity index is 691. The normalized spacial score (nSPS) is 17.0. The highest BCUT2D eigenvalue weighted by atomic mass is 16.2. The molecule has 150 valence electrons. The second-order valence-electron chi connectivity index (χ2n) is 7.97. The molecule has 1 aliphatic heterocycles. The van der Waals surface area contributed by atoms with E-state index in [-0.39, 0.29) is 17.7 Å². The molecule has 0 spiro atoms. The molecule has 0 bridgehead atoms. The summed E-state index contributed by atoms with van der Waals surface area (Å²) in [5, 5.41) is 3.04. The molecule has 1 saturated heterocycles. The van der Waals surface area contributed by atoms with E-state index >= 15 is 0 Å². The predicted octanol–water partition coefficient (Wildman–Crippen LogP) is 2.85. The molecular formula is C22H35N3O2. The van der Waals surface area contributed by atoms with Gasteiger partial charge in [-0.25, -0.2) is 0 Å². The summed E-state index contributed by atoms with van der Waals surface area (Å²) in [6, 6.07) is 2.37. The monoisotopic (exact) mass is 373 g/mol. The van der Waals surface area contributed by atoms with E-state index in [0.717, 1.165) is 55.8 Å². The molecule has 5 nitrogen and oxygen atoms in total. The Morgan fingerprint density at radius 1 is 1.07 bits per heavy atom. The highest BCUT2D eigenvalue weighted by Gasteiger charge is 2.22. The highest BCUT2D eigenvalue weighted by Crippen LogP contribution is 2.24. The zero-order valence-corrected chi connectivity index (χ0v) is 17.8. The van der Waals surface area contributed by atoms with Gasteiger partial charge in [-0.15, -0.1) is 0 Å². The molecule has 1 N–H and O–H groups in total. The van der Waals surface area contributed by atoms with Crippen molar-refractivity contribution in [3.63, 3.8) is 0 Å². The van der Waals surface area contributed by atoms with E-state index in [1.807, 2.05) is 13.8 Å². The summed E-state index contributed by atoms with van der Waals surface area (Å²) >= 11 is 0. The van der Waals surface area contributed by atoms with Gasteiger partial charge < -0.3 is 5.32 Å². The third kappa shape index (κ3) is 5.63. The number of nitrogens with zero attached hydrogens (tertiary/aromatic N) is 2. The van der Waals surface area contributed by atoms with E-state index in [1.54, 1.807) is 6.92 Å². The van der Waals surface area contributed by atoms with Crippen LogP contribution in [0.2, 0.25) is 0 Å². The maximum Gasteiger partial charge on any atom is 0.234 e.